The Morgan fingerprint density at radius 2 is 1.34 bits per heavy atom. The number of benzene rings is 2. The van der Waals surface area contributed by atoms with E-state index in [1.807, 2.05) is 24.3 Å². The van der Waals surface area contributed by atoms with Gasteiger partial charge >= 0.3 is 0 Å². The molecule has 2 aromatic rings. The van der Waals surface area contributed by atoms with Crippen LogP contribution in [-0.4, -0.2) is 37.3 Å². The van der Waals surface area contributed by atoms with Gasteiger partial charge in [0.05, 0.1) is 32.8 Å². The number of quaternary nitrogens is 1. The second-order valence-electron chi connectivity index (χ2n) is 8.09. The third kappa shape index (κ3) is 8.02. The summed E-state index contributed by atoms with van der Waals surface area (Å²) in [6, 6.07) is 19.1. The molecule has 0 aromatic heterocycles. The van der Waals surface area contributed by atoms with Crippen molar-refractivity contribution in [3.63, 3.8) is 0 Å². The molecule has 0 radical (unpaired) electrons. The Morgan fingerprint density at radius 3 is 1.93 bits per heavy atom. The van der Waals surface area contributed by atoms with Crippen LogP contribution in [-0.2, 0) is 6.54 Å². The highest BCUT2D eigenvalue weighted by molar-refractivity contribution is 5.31. The van der Waals surface area contributed by atoms with E-state index in [4.69, 9.17) is 9.47 Å². The van der Waals surface area contributed by atoms with Crippen LogP contribution in [0.25, 0.3) is 0 Å². The lowest BCUT2D eigenvalue weighted by Crippen LogP contribution is -3.00. The third-order valence-electron chi connectivity index (χ3n) is 5.76. The van der Waals surface area contributed by atoms with Gasteiger partial charge in [0.15, 0.2) is 0 Å². The van der Waals surface area contributed by atoms with Crippen molar-refractivity contribution in [3.8, 4) is 11.5 Å². The van der Waals surface area contributed by atoms with E-state index in [0.29, 0.717) is 0 Å². The fraction of sp³-hybridized carbons (Fsp3) is 0.520. The minimum Gasteiger partial charge on any atom is -1.00 e. The molecule has 2 aromatic carbocycles. The molecule has 29 heavy (non-hydrogen) atoms. The first-order valence-electron chi connectivity index (χ1n) is 11.0. The predicted octanol–water partition coefficient (Wildman–Crippen LogP) is 2.84. The zero-order valence-electron chi connectivity index (χ0n) is 17.8. The summed E-state index contributed by atoms with van der Waals surface area (Å²) in [6.45, 7) is 8.72. The van der Waals surface area contributed by atoms with Gasteiger partial charge < -0.3 is 30.9 Å². The molecule has 1 saturated heterocycles. The third-order valence-corrected chi connectivity index (χ3v) is 5.76. The normalized spacial score (nSPS) is 15.3. The highest BCUT2D eigenvalue weighted by Crippen LogP contribution is 2.24. The molecule has 1 aliphatic rings. The maximum Gasteiger partial charge on any atom is 0.119 e. The molecule has 160 valence electrons. The standard InChI is InChI=1S/C25H36NO2.BrH/c1-2-3-20-27-24-13-15-25(16-14-24)28-21-10-19-26(17-8-5-9-18-26)22-23-11-6-4-7-12-23;/h4,6-7,11-16H,2-3,5,8-10,17-22H2,1H3;1H/q+1;/p-1. The van der Waals surface area contributed by atoms with Gasteiger partial charge in [-0.2, -0.15) is 0 Å². The van der Waals surface area contributed by atoms with Crippen LogP contribution in [0.3, 0.4) is 0 Å². The number of piperidine rings is 1. The van der Waals surface area contributed by atoms with E-state index in [1.165, 1.54) is 48.9 Å². The van der Waals surface area contributed by atoms with Crippen LogP contribution in [0.4, 0.5) is 0 Å². The summed E-state index contributed by atoms with van der Waals surface area (Å²) >= 11 is 0. The largest absolute Gasteiger partial charge is 1.00 e. The number of likely N-dealkylation sites (tertiary alicyclic amines) is 1. The molecular formula is C25H36BrNO2. The molecule has 3 nitrogen and oxygen atoms in total. The molecule has 0 bridgehead atoms. The maximum atomic E-state index is 6.01. The number of halogens is 1. The van der Waals surface area contributed by atoms with Crippen LogP contribution in [0.2, 0.25) is 0 Å². The van der Waals surface area contributed by atoms with Gasteiger partial charge in [0.2, 0.25) is 0 Å². The summed E-state index contributed by atoms with van der Waals surface area (Å²) in [5.41, 5.74) is 1.46. The van der Waals surface area contributed by atoms with E-state index in [0.717, 1.165) is 50.5 Å². The summed E-state index contributed by atoms with van der Waals surface area (Å²) in [5.74, 6) is 1.87. The van der Waals surface area contributed by atoms with Crippen LogP contribution in [0.1, 0.15) is 51.0 Å². The van der Waals surface area contributed by atoms with Gasteiger partial charge in [-0.1, -0.05) is 43.7 Å². The van der Waals surface area contributed by atoms with Crippen molar-refractivity contribution in [1.29, 1.82) is 0 Å². The summed E-state index contributed by atoms with van der Waals surface area (Å²) in [5, 5.41) is 0. The van der Waals surface area contributed by atoms with Gasteiger partial charge in [-0.25, -0.2) is 0 Å². The van der Waals surface area contributed by atoms with Crippen LogP contribution >= 0.6 is 0 Å². The van der Waals surface area contributed by atoms with E-state index >= 15 is 0 Å². The van der Waals surface area contributed by atoms with Crippen LogP contribution in [0, 0.1) is 0 Å². The van der Waals surface area contributed by atoms with E-state index in [9.17, 15) is 0 Å². The molecule has 1 heterocycles. The lowest BCUT2D eigenvalue weighted by Gasteiger charge is -2.42. The van der Waals surface area contributed by atoms with Crippen LogP contribution < -0.4 is 26.5 Å². The second-order valence-corrected chi connectivity index (χ2v) is 8.09. The Balaban J connectivity index is 0.00000300. The van der Waals surface area contributed by atoms with Crippen molar-refractivity contribution >= 4 is 0 Å². The zero-order chi connectivity index (χ0) is 19.5. The average Bonchev–Trinajstić information content (AvgIpc) is 2.74. The summed E-state index contributed by atoms with van der Waals surface area (Å²) < 4.78 is 12.9. The van der Waals surface area contributed by atoms with Gasteiger partial charge in [0.25, 0.3) is 0 Å². The average molecular weight is 462 g/mol. The number of rotatable bonds is 11. The van der Waals surface area contributed by atoms with Gasteiger partial charge in [0.1, 0.15) is 18.0 Å². The van der Waals surface area contributed by atoms with E-state index in [2.05, 4.69) is 37.3 Å². The van der Waals surface area contributed by atoms with Crippen LogP contribution in [0.15, 0.2) is 54.6 Å². The van der Waals surface area contributed by atoms with Gasteiger partial charge in [-0.15, -0.1) is 0 Å². The van der Waals surface area contributed by atoms with Crippen molar-refractivity contribution in [1.82, 2.24) is 0 Å². The monoisotopic (exact) mass is 461 g/mol. The Labute approximate surface area is 187 Å². The fourth-order valence-corrected chi connectivity index (χ4v) is 4.17. The predicted molar refractivity (Wildman–Crippen MR) is 116 cm³/mol. The van der Waals surface area contributed by atoms with E-state index < -0.39 is 0 Å². The van der Waals surface area contributed by atoms with E-state index in [-0.39, 0.29) is 17.0 Å². The summed E-state index contributed by atoms with van der Waals surface area (Å²) in [4.78, 5) is 0. The molecule has 0 spiro atoms. The molecule has 4 heteroatoms. The van der Waals surface area contributed by atoms with Gasteiger partial charge in [-0.05, 0) is 49.9 Å². The molecule has 1 aliphatic heterocycles. The molecule has 0 amide bonds. The Morgan fingerprint density at radius 1 is 0.759 bits per heavy atom. The number of hydrogen-bond donors (Lipinski definition) is 0. The molecule has 0 saturated carbocycles. The quantitative estimate of drug-likeness (QED) is 0.378. The number of unbranched alkanes of at least 4 members (excludes halogenated alkanes) is 1. The fourth-order valence-electron chi connectivity index (χ4n) is 4.17. The molecule has 3 rings (SSSR count). The first-order valence-corrected chi connectivity index (χ1v) is 11.0. The van der Waals surface area contributed by atoms with E-state index in [1.54, 1.807) is 0 Å². The molecule has 0 atom stereocenters. The Kier molecular flexibility index (Phi) is 10.6. The van der Waals surface area contributed by atoms with Crippen LogP contribution in [0.5, 0.6) is 11.5 Å². The zero-order valence-corrected chi connectivity index (χ0v) is 19.4. The highest BCUT2D eigenvalue weighted by atomic mass is 79.9. The van der Waals surface area contributed by atoms with Crippen molar-refractivity contribution in [2.75, 3.05) is 32.8 Å². The number of nitrogens with zero attached hydrogens (tertiary/aromatic N) is 1. The lowest BCUT2D eigenvalue weighted by molar-refractivity contribution is -0.945. The molecular weight excluding hydrogens is 426 g/mol. The van der Waals surface area contributed by atoms with Crippen molar-refractivity contribution in [2.24, 2.45) is 0 Å². The Bertz CT molecular complexity index is 669. The molecule has 0 unspecified atom stereocenters. The summed E-state index contributed by atoms with van der Waals surface area (Å²) in [7, 11) is 0. The SMILES string of the molecule is CCCCOc1ccc(OCCC[N+]2(Cc3ccccc3)CCCCC2)cc1.[Br-]. The van der Waals surface area contributed by atoms with Crippen molar-refractivity contribution in [2.45, 2.75) is 52.0 Å². The lowest BCUT2D eigenvalue weighted by atomic mass is 10.0. The van der Waals surface area contributed by atoms with Gasteiger partial charge in [0, 0.05) is 12.0 Å². The summed E-state index contributed by atoms with van der Waals surface area (Å²) in [6.07, 6.45) is 7.45. The topological polar surface area (TPSA) is 18.5 Å². The van der Waals surface area contributed by atoms with Crippen molar-refractivity contribution in [3.05, 3.63) is 60.2 Å². The first-order chi connectivity index (χ1) is 13.8. The molecule has 0 N–H and O–H groups in total. The maximum absolute atomic E-state index is 6.01. The Hall–Kier alpha value is -1.52. The molecule has 0 aliphatic carbocycles. The smallest absolute Gasteiger partial charge is 0.119 e. The minimum absolute atomic E-state index is 0. The highest BCUT2D eigenvalue weighted by Gasteiger charge is 2.29. The number of ether oxygens (including phenoxy) is 2. The van der Waals surface area contributed by atoms with Gasteiger partial charge in [-0.3, -0.25) is 0 Å². The first kappa shape index (κ1) is 23.8. The minimum atomic E-state index is 0. The van der Waals surface area contributed by atoms with Crippen molar-refractivity contribution < 1.29 is 30.9 Å². The number of hydrogen-bond acceptors (Lipinski definition) is 2. The molecule has 1 fully saturated rings. The second kappa shape index (κ2) is 12.9.